The highest BCUT2D eigenvalue weighted by Crippen LogP contribution is 2.30. The van der Waals surface area contributed by atoms with Crippen molar-refractivity contribution in [1.82, 2.24) is 10.2 Å². The first-order valence-corrected chi connectivity index (χ1v) is 8.50. The predicted molar refractivity (Wildman–Crippen MR) is 87.4 cm³/mol. The molecule has 1 saturated carbocycles. The number of methoxy groups -OCH3 is 1. The van der Waals surface area contributed by atoms with Crippen molar-refractivity contribution < 1.29 is 9.53 Å². The molecule has 0 aliphatic heterocycles. The summed E-state index contributed by atoms with van der Waals surface area (Å²) in [7, 11) is 1.47. The number of rotatable bonds is 11. The van der Waals surface area contributed by atoms with Crippen LogP contribution >= 0.6 is 0 Å². The highest BCUT2D eigenvalue weighted by atomic mass is 16.5. The van der Waals surface area contributed by atoms with E-state index in [4.69, 9.17) is 4.74 Å². The number of unbranched alkanes of at least 4 members (excludes halogenated alkanes) is 1. The molecule has 0 bridgehead atoms. The fourth-order valence-electron chi connectivity index (χ4n) is 2.86. The maximum Gasteiger partial charge on any atom is 0.325 e. The van der Waals surface area contributed by atoms with Crippen LogP contribution in [0.15, 0.2) is 0 Å². The van der Waals surface area contributed by atoms with E-state index < -0.39 is 5.54 Å². The highest BCUT2D eigenvalue weighted by Gasteiger charge is 2.32. The van der Waals surface area contributed by atoms with Gasteiger partial charge in [-0.25, -0.2) is 0 Å². The van der Waals surface area contributed by atoms with Crippen LogP contribution in [0.25, 0.3) is 0 Å². The largest absolute Gasteiger partial charge is 0.468 e. The van der Waals surface area contributed by atoms with Crippen molar-refractivity contribution in [1.29, 1.82) is 0 Å². The molecule has 1 aliphatic rings. The molecular formula is C17H34N2O2. The number of nitrogens with one attached hydrogen (secondary N) is 1. The van der Waals surface area contributed by atoms with Gasteiger partial charge in [-0.2, -0.15) is 0 Å². The zero-order chi connectivity index (χ0) is 15.9. The summed E-state index contributed by atoms with van der Waals surface area (Å²) < 4.78 is 4.93. The Morgan fingerprint density at radius 1 is 1.38 bits per heavy atom. The first-order chi connectivity index (χ1) is 9.92. The Morgan fingerprint density at radius 3 is 2.52 bits per heavy atom. The molecule has 1 N–H and O–H groups in total. The van der Waals surface area contributed by atoms with Crippen molar-refractivity contribution in [3.8, 4) is 0 Å². The molecule has 0 aromatic carbocycles. The molecule has 0 spiro atoms. The van der Waals surface area contributed by atoms with Gasteiger partial charge in [-0.3, -0.25) is 4.79 Å². The molecule has 21 heavy (non-hydrogen) atoms. The molecule has 0 amide bonds. The summed E-state index contributed by atoms with van der Waals surface area (Å²) >= 11 is 0. The van der Waals surface area contributed by atoms with Gasteiger partial charge in [0.1, 0.15) is 5.54 Å². The molecule has 124 valence electrons. The van der Waals surface area contributed by atoms with Crippen LogP contribution in [0.3, 0.4) is 0 Å². The number of hydrogen-bond donors (Lipinski definition) is 1. The van der Waals surface area contributed by atoms with Crippen LogP contribution in [0.5, 0.6) is 0 Å². The average molecular weight is 298 g/mol. The van der Waals surface area contributed by atoms with Crippen molar-refractivity contribution in [3.05, 3.63) is 0 Å². The minimum atomic E-state index is -0.539. The van der Waals surface area contributed by atoms with E-state index in [9.17, 15) is 4.79 Å². The van der Waals surface area contributed by atoms with Gasteiger partial charge in [0.05, 0.1) is 7.11 Å². The lowest BCUT2D eigenvalue weighted by Crippen LogP contribution is -2.50. The lowest BCUT2D eigenvalue weighted by Gasteiger charge is -2.29. The molecule has 0 saturated heterocycles. The van der Waals surface area contributed by atoms with Gasteiger partial charge >= 0.3 is 5.97 Å². The van der Waals surface area contributed by atoms with Crippen LogP contribution in [0.2, 0.25) is 0 Å². The second kappa shape index (κ2) is 8.74. The molecule has 0 aromatic heterocycles. The van der Waals surface area contributed by atoms with Gasteiger partial charge in [0.25, 0.3) is 0 Å². The molecular weight excluding hydrogens is 264 g/mol. The number of carbonyl (C=O) groups is 1. The van der Waals surface area contributed by atoms with E-state index in [0.29, 0.717) is 6.04 Å². The van der Waals surface area contributed by atoms with Gasteiger partial charge in [0, 0.05) is 12.6 Å². The van der Waals surface area contributed by atoms with E-state index in [1.54, 1.807) is 0 Å². The Morgan fingerprint density at radius 2 is 2.05 bits per heavy atom. The van der Waals surface area contributed by atoms with Gasteiger partial charge in [0.2, 0.25) is 0 Å². The topological polar surface area (TPSA) is 41.6 Å². The van der Waals surface area contributed by atoms with Crippen LogP contribution in [0.4, 0.5) is 0 Å². The van der Waals surface area contributed by atoms with Gasteiger partial charge < -0.3 is 15.0 Å². The van der Waals surface area contributed by atoms with Crippen LogP contribution in [0.1, 0.15) is 59.8 Å². The molecule has 4 heteroatoms. The summed E-state index contributed by atoms with van der Waals surface area (Å²) in [5.74, 6) is 0.789. The summed E-state index contributed by atoms with van der Waals surface area (Å²) in [5.41, 5.74) is -0.539. The number of ether oxygens (including phenoxy) is 1. The van der Waals surface area contributed by atoms with Gasteiger partial charge in [-0.05, 0) is 71.9 Å². The standard InChI is InChI=1S/C17H34N2O2/c1-6-18-17(4,16(20)21-5)11-7-8-12-19(14(2)3)13-15-9-10-15/h14-15,18H,6-13H2,1-5H3. The van der Waals surface area contributed by atoms with Crippen molar-refractivity contribution >= 4 is 5.97 Å². The SMILES string of the molecule is CCNC(C)(CCCCN(CC1CC1)C(C)C)C(=O)OC. The molecule has 0 heterocycles. The fourth-order valence-corrected chi connectivity index (χ4v) is 2.86. The first kappa shape index (κ1) is 18.4. The van der Waals surface area contributed by atoms with Crippen LogP contribution in [-0.2, 0) is 9.53 Å². The van der Waals surface area contributed by atoms with E-state index in [1.165, 1.54) is 26.5 Å². The van der Waals surface area contributed by atoms with Crippen LogP contribution in [-0.4, -0.2) is 49.2 Å². The summed E-state index contributed by atoms with van der Waals surface area (Å²) in [4.78, 5) is 14.5. The zero-order valence-corrected chi connectivity index (χ0v) is 14.6. The quantitative estimate of drug-likeness (QED) is 0.470. The van der Waals surface area contributed by atoms with Crippen molar-refractivity contribution in [2.45, 2.75) is 71.4 Å². The molecule has 1 unspecified atom stereocenters. The van der Waals surface area contributed by atoms with Crippen molar-refractivity contribution in [3.63, 3.8) is 0 Å². The fraction of sp³-hybridized carbons (Fsp3) is 0.941. The molecule has 1 rings (SSSR count). The van der Waals surface area contributed by atoms with E-state index in [2.05, 4.69) is 24.1 Å². The third-order valence-corrected chi connectivity index (χ3v) is 4.49. The molecule has 0 radical (unpaired) electrons. The molecule has 0 aromatic rings. The van der Waals surface area contributed by atoms with Gasteiger partial charge in [0.15, 0.2) is 0 Å². The van der Waals surface area contributed by atoms with Gasteiger partial charge in [-0.15, -0.1) is 0 Å². The van der Waals surface area contributed by atoms with Gasteiger partial charge in [-0.1, -0.05) is 6.92 Å². The lowest BCUT2D eigenvalue weighted by atomic mass is 9.94. The van der Waals surface area contributed by atoms with Crippen molar-refractivity contribution in [2.75, 3.05) is 26.7 Å². The molecule has 4 nitrogen and oxygen atoms in total. The Hall–Kier alpha value is -0.610. The number of carbonyl (C=O) groups excluding carboxylic acids is 1. The first-order valence-electron chi connectivity index (χ1n) is 8.50. The number of esters is 1. The monoisotopic (exact) mass is 298 g/mol. The second-order valence-electron chi connectivity index (χ2n) is 6.84. The smallest absolute Gasteiger partial charge is 0.325 e. The summed E-state index contributed by atoms with van der Waals surface area (Å²) in [6.45, 7) is 11.7. The number of likely N-dealkylation sites (N-methyl/N-ethyl adjacent to an activating group) is 1. The predicted octanol–water partition coefficient (Wildman–Crippen LogP) is 2.82. The Kier molecular flexibility index (Phi) is 7.67. The average Bonchev–Trinajstić information content (AvgIpc) is 3.25. The maximum atomic E-state index is 11.9. The summed E-state index contributed by atoms with van der Waals surface area (Å²) in [6.07, 6.45) is 5.84. The summed E-state index contributed by atoms with van der Waals surface area (Å²) in [5, 5.41) is 3.27. The minimum absolute atomic E-state index is 0.150. The summed E-state index contributed by atoms with van der Waals surface area (Å²) in [6, 6.07) is 0.617. The van der Waals surface area contributed by atoms with E-state index >= 15 is 0 Å². The van der Waals surface area contributed by atoms with Crippen molar-refractivity contribution in [2.24, 2.45) is 5.92 Å². The Labute approximate surface area is 130 Å². The lowest BCUT2D eigenvalue weighted by molar-refractivity contribution is -0.148. The minimum Gasteiger partial charge on any atom is -0.468 e. The van der Waals surface area contributed by atoms with Crippen LogP contribution < -0.4 is 5.32 Å². The van der Waals surface area contributed by atoms with Crippen LogP contribution in [0, 0.1) is 5.92 Å². The number of nitrogens with zero attached hydrogens (tertiary/aromatic N) is 1. The Balaban J connectivity index is 2.33. The number of hydrogen-bond acceptors (Lipinski definition) is 4. The molecule has 1 atom stereocenters. The highest BCUT2D eigenvalue weighted by molar-refractivity contribution is 5.80. The normalized spacial score (nSPS) is 18.0. The maximum absolute atomic E-state index is 11.9. The molecule has 1 fully saturated rings. The Bertz CT molecular complexity index is 316. The van der Waals surface area contributed by atoms with E-state index in [-0.39, 0.29) is 5.97 Å². The zero-order valence-electron chi connectivity index (χ0n) is 14.6. The third kappa shape index (κ3) is 6.35. The van der Waals surface area contributed by atoms with E-state index in [1.807, 2.05) is 13.8 Å². The third-order valence-electron chi connectivity index (χ3n) is 4.49. The van der Waals surface area contributed by atoms with E-state index in [0.717, 1.165) is 38.3 Å². The molecule has 1 aliphatic carbocycles. The second-order valence-corrected chi connectivity index (χ2v) is 6.84.